The molecule has 2 amide bonds. The highest BCUT2D eigenvalue weighted by atomic mass is 16.7. The summed E-state index contributed by atoms with van der Waals surface area (Å²) < 4.78 is 5.62. The van der Waals surface area contributed by atoms with Crippen LogP contribution in [-0.2, 0) is 19.2 Å². The third kappa shape index (κ3) is 4.75. The zero-order valence-electron chi connectivity index (χ0n) is 17.8. The van der Waals surface area contributed by atoms with Gasteiger partial charge in [-0.2, -0.15) is 0 Å². The minimum absolute atomic E-state index is 0.0402. The highest BCUT2D eigenvalue weighted by molar-refractivity contribution is 5.80. The molecule has 2 aliphatic carbocycles. The summed E-state index contributed by atoms with van der Waals surface area (Å²) in [5.41, 5.74) is 5.86. The van der Waals surface area contributed by atoms with Crippen molar-refractivity contribution in [3.8, 4) is 11.1 Å². The first-order valence-corrected chi connectivity index (χ1v) is 10.6. The van der Waals surface area contributed by atoms with Crippen molar-refractivity contribution in [2.45, 2.75) is 37.6 Å². The molecule has 3 N–H and O–H groups in total. The monoisotopic (exact) mass is 438 g/mol. The smallest absolute Gasteiger partial charge is 0.407 e. The summed E-state index contributed by atoms with van der Waals surface area (Å²) in [5.74, 6) is -1.59. The average molecular weight is 438 g/mol. The van der Waals surface area contributed by atoms with Gasteiger partial charge in [-0.05, 0) is 47.9 Å². The number of nitrogens with one attached hydrogen (secondary N) is 2. The molecule has 32 heavy (non-hydrogen) atoms. The lowest BCUT2D eigenvalue weighted by molar-refractivity contribution is -0.149. The fourth-order valence-electron chi connectivity index (χ4n) is 4.43. The van der Waals surface area contributed by atoms with Crippen molar-refractivity contribution < 1.29 is 29.1 Å². The van der Waals surface area contributed by atoms with Gasteiger partial charge in [0, 0.05) is 5.92 Å². The normalized spacial score (nSPS) is 16.4. The van der Waals surface area contributed by atoms with Gasteiger partial charge in [-0.3, -0.25) is 9.63 Å². The number of aliphatic carboxylic acids is 1. The molecule has 0 saturated heterocycles. The number of benzene rings is 2. The molecule has 0 spiro atoms. The van der Waals surface area contributed by atoms with Gasteiger partial charge in [0.05, 0.1) is 12.0 Å². The number of carbonyl (C=O) groups is 3. The van der Waals surface area contributed by atoms with Gasteiger partial charge < -0.3 is 15.2 Å². The summed E-state index contributed by atoms with van der Waals surface area (Å²) >= 11 is 0. The molecule has 8 heteroatoms. The van der Waals surface area contributed by atoms with Crippen molar-refractivity contribution in [1.29, 1.82) is 0 Å². The van der Waals surface area contributed by atoms with Crippen LogP contribution in [0.25, 0.3) is 11.1 Å². The maximum Gasteiger partial charge on any atom is 0.407 e. The minimum Gasteiger partial charge on any atom is -0.479 e. The molecule has 8 nitrogen and oxygen atoms in total. The predicted octanol–water partition coefficient (Wildman–Crippen LogP) is 3.22. The summed E-state index contributed by atoms with van der Waals surface area (Å²) in [7, 11) is 0. The quantitative estimate of drug-likeness (QED) is 0.518. The van der Waals surface area contributed by atoms with Crippen LogP contribution in [0, 0.1) is 5.92 Å². The Hall–Kier alpha value is -3.39. The average Bonchev–Trinajstić information content (AvgIpc) is 3.56. The van der Waals surface area contributed by atoms with Gasteiger partial charge in [0.25, 0.3) is 0 Å². The molecule has 168 valence electrons. The van der Waals surface area contributed by atoms with Crippen LogP contribution in [-0.4, -0.2) is 41.8 Å². The molecule has 0 aromatic heterocycles. The Morgan fingerprint density at radius 2 is 1.62 bits per heavy atom. The van der Waals surface area contributed by atoms with Crippen LogP contribution in [0.3, 0.4) is 0 Å². The molecule has 0 aliphatic heterocycles. The summed E-state index contributed by atoms with van der Waals surface area (Å²) in [6.07, 6.45) is 1.16. The van der Waals surface area contributed by atoms with E-state index in [0.29, 0.717) is 0 Å². The van der Waals surface area contributed by atoms with E-state index < -0.39 is 30.1 Å². The van der Waals surface area contributed by atoms with Gasteiger partial charge in [0.2, 0.25) is 5.91 Å². The third-order valence-electron chi connectivity index (χ3n) is 6.12. The fraction of sp³-hybridized carbons (Fsp3) is 0.375. The number of rotatable bonds is 9. The van der Waals surface area contributed by atoms with Gasteiger partial charge in [0.1, 0.15) is 6.61 Å². The van der Waals surface area contributed by atoms with E-state index in [4.69, 9.17) is 9.84 Å². The standard InChI is InChI=1S/C24H26N2O6/c1-24(15-10-11-15,12-21(27)26-32-14-22(28)29)25-23(30)31-13-20-18-8-4-2-6-16(18)17-7-3-5-9-19(17)20/h2-9,15,20H,10-14H2,1H3,(H,25,30)(H,26,27)(H,28,29). The van der Waals surface area contributed by atoms with E-state index in [1.807, 2.05) is 24.3 Å². The molecule has 1 fully saturated rings. The van der Waals surface area contributed by atoms with Crippen molar-refractivity contribution in [3.05, 3.63) is 59.7 Å². The Bertz CT molecular complexity index is 989. The lowest BCUT2D eigenvalue weighted by Gasteiger charge is -2.30. The number of hydroxylamine groups is 1. The summed E-state index contributed by atoms with van der Waals surface area (Å²) in [4.78, 5) is 40.0. The Morgan fingerprint density at radius 1 is 1.03 bits per heavy atom. The number of carboxylic acids is 1. The number of carbonyl (C=O) groups excluding carboxylic acids is 2. The van der Waals surface area contributed by atoms with E-state index in [0.717, 1.165) is 35.1 Å². The zero-order valence-corrected chi connectivity index (χ0v) is 17.8. The summed E-state index contributed by atoms with van der Waals surface area (Å²) in [6, 6.07) is 16.2. The molecule has 1 saturated carbocycles. The maximum atomic E-state index is 12.7. The second kappa shape index (κ2) is 9.00. The Morgan fingerprint density at radius 3 is 2.19 bits per heavy atom. The van der Waals surface area contributed by atoms with Crippen molar-refractivity contribution in [3.63, 3.8) is 0 Å². The van der Waals surface area contributed by atoms with E-state index in [1.165, 1.54) is 0 Å². The predicted molar refractivity (Wildman–Crippen MR) is 116 cm³/mol. The van der Waals surface area contributed by atoms with Crippen molar-refractivity contribution in [1.82, 2.24) is 10.8 Å². The number of alkyl carbamates (subject to hydrolysis) is 1. The van der Waals surface area contributed by atoms with Crippen LogP contribution in [0.4, 0.5) is 4.79 Å². The van der Waals surface area contributed by atoms with Gasteiger partial charge >= 0.3 is 12.1 Å². The Labute approximate surface area is 185 Å². The number of hydrogen-bond acceptors (Lipinski definition) is 5. The molecule has 0 bridgehead atoms. The first-order valence-electron chi connectivity index (χ1n) is 10.6. The number of fused-ring (bicyclic) bond motifs is 3. The molecule has 2 aromatic carbocycles. The number of hydrogen-bond donors (Lipinski definition) is 3. The Kier molecular flexibility index (Phi) is 6.14. The number of carboxylic acid groups (broad SMARTS) is 1. The molecule has 0 heterocycles. The lowest BCUT2D eigenvalue weighted by atomic mass is 9.91. The molecule has 0 radical (unpaired) electrons. The number of amides is 2. The van der Waals surface area contributed by atoms with Crippen LogP contribution < -0.4 is 10.8 Å². The van der Waals surface area contributed by atoms with Crippen LogP contribution in [0.1, 0.15) is 43.2 Å². The van der Waals surface area contributed by atoms with Gasteiger partial charge in [0.15, 0.2) is 6.61 Å². The zero-order chi connectivity index (χ0) is 22.7. The fourth-order valence-corrected chi connectivity index (χ4v) is 4.43. The lowest BCUT2D eigenvalue weighted by Crippen LogP contribution is -2.51. The summed E-state index contributed by atoms with van der Waals surface area (Å²) in [5, 5.41) is 11.5. The molecule has 1 unspecified atom stereocenters. The molecule has 4 rings (SSSR count). The van der Waals surface area contributed by atoms with E-state index in [1.54, 1.807) is 6.92 Å². The SMILES string of the molecule is CC(CC(=O)NOCC(=O)O)(NC(=O)OCC1c2ccccc2-c2ccccc21)C1CC1. The Balaban J connectivity index is 1.37. The topological polar surface area (TPSA) is 114 Å². The number of ether oxygens (including phenoxy) is 1. The second-order valence-corrected chi connectivity index (χ2v) is 8.53. The highest BCUT2D eigenvalue weighted by Gasteiger charge is 2.44. The molecule has 2 aromatic rings. The van der Waals surface area contributed by atoms with Crippen molar-refractivity contribution in [2.24, 2.45) is 5.92 Å². The van der Waals surface area contributed by atoms with E-state index >= 15 is 0 Å². The van der Waals surface area contributed by atoms with Crippen molar-refractivity contribution in [2.75, 3.05) is 13.2 Å². The highest BCUT2D eigenvalue weighted by Crippen LogP contribution is 2.45. The first kappa shape index (κ1) is 21.8. The van der Waals surface area contributed by atoms with E-state index in [2.05, 4.69) is 39.9 Å². The van der Waals surface area contributed by atoms with Crippen molar-refractivity contribution >= 4 is 18.0 Å². The van der Waals surface area contributed by atoms with Gasteiger partial charge in [-0.25, -0.2) is 15.1 Å². The molecule has 1 atom stereocenters. The van der Waals surface area contributed by atoms with Crippen LogP contribution in [0.2, 0.25) is 0 Å². The van der Waals surface area contributed by atoms with Crippen LogP contribution in [0.15, 0.2) is 48.5 Å². The minimum atomic E-state index is -1.19. The summed E-state index contributed by atoms with van der Waals surface area (Å²) in [6.45, 7) is 1.35. The molecular formula is C24H26N2O6. The largest absolute Gasteiger partial charge is 0.479 e. The third-order valence-corrected chi connectivity index (χ3v) is 6.12. The van der Waals surface area contributed by atoms with E-state index in [9.17, 15) is 14.4 Å². The van der Waals surface area contributed by atoms with Crippen LogP contribution >= 0.6 is 0 Å². The second-order valence-electron chi connectivity index (χ2n) is 8.53. The first-order chi connectivity index (χ1) is 15.4. The molecular weight excluding hydrogens is 412 g/mol. The van der Waals surface area contributed by atoms with Crippen LogP contribution in [0.5, 0.6) is 0 Å². The van der Waals surface area contributed by atoms with Gasteiger partial charge in [-0.1, -0.05) is 48.5 Å². The van der Waals surface area contributed by atoms with Gasteiger partial charge in [-0.15, -0.1) is 0 Å². The maximum absolute atomic E-state index is 12.7. The molecule has 2 aliphatic rings. The van der Waals surface area contributed by atoms with E-state index in [-0.39, 0.29) is 24.9 Å².